The summed E-state index contributed by atoms with van der Waals surface area (Å²) in [6.07, 6.45) is 7.92. The van der Waals surface area contributed by atoms with E-state index in [0.29, 0.717) is 10.9 Å². The largest absolute Gasteiger partial charge is 0.289 e. The number of benzene rings is 1. The first-order chi connectivity index (χ1) is 14.0. The van der Waals surface area contributed by atoms with Crippen molar-refractivity contribution in [2.24, 2.45) is 5.10 Å². The number of hydrogen-bond acceptors (Lipinski definition) is 5. The van der Waals surface area contributed by atoms with Crippen LogP contribution in [0.4, 0.5) is 4.39 Å². The minimum atomic E-state index is -0.567. The normalized spacial score (nSPS) is 14.1. The molecule has 6 nitrogen and oxygen atoms in total. The van der Waals surface area contributed by atoms with Gasteiger partial charge in [-0.3, -0.25) is 14.2 Å². The Hall–Kier alpha value is -2.58. The fourth-order valence-corrected chi connectivity index (χ4v) is 4.77. The van der Waals surface area contributed by atoms with Gasteiger partial charge in [-0.05, 0) is 48.9 Å². The SMILES string of the molecule is O=C(Cn1cnc2sc3c(c2c1=O)CCCCC3)N/N=C/c1ccc(Cl)c(F)c1. The van der Waals surface area contributed by atoms with Gasteiger partial charge in [0.25, 0.3) is 11.5 Å². The summed E-state index contributed by atoms with van der Waals surface area (Å²) >= 11 is 7.21. The number of carbonyl (C=O) groups excluding carboxylic acids is 1. The van der Waals surface area contributed by atoms with Crippen molar-refractivity contribution in [1.82, 2.24) is 15.0 Å². The smallest absolute Gasteiger partial charge is 0.262 e. The number of carbonyl (C=O) groups is 1. The van der Waals surface area contributed by atoms with Gasteiger partial charge in [-0.25, -0.2) is 14.8 Å². The van der Waals surface area contributed by atoms with Crippen LogP contribution < -0.4 is 11.0 Å². The Kier molecular flexibility index (Phi) is 5.73. The van der Waals surface area contributed by atoms with Crippen LogP contribution in [0.1, 0.15) is 35.3 Å². The molecule has 9 heteroatoms. The summed E-state index contributed by atoms with van der Waals surface area (Å²) in [5.74, 6) is -1.04. The molecule has 1 amide bonds. The molecule has 0 spiro atoms. The summed E-state index contributed by atoms with van der Waals surface area (Å²) in [6.45, 7) is -0.196. The standard InChI is InChI=1S/C20H18ClFN4O2S/c21-14-7-6-12(8-15(14)22)9-24-25-17(27)10-26-11-23-19-18(20(26)28)13-4-2-1-3-5-16(13)29-19/h6-9,11H,1-5,10H2,(H,25,27)/b24-9+. The Balaban J connectivity index is 1.50. The fraction of sp³-hybridized carbons (Fsp3) is 0.300. The van der Waals surface area contributed by atoms with Crippen molar-refractivity contribution in [2.75, 3.05) is 0 Å². The van der Waals surface area contributed by atoms with Crippen LogP contribution in [-0.4, -0.2) is 21.7 Å². The topological polar surface area (TPSA) is 76.3 Å². The number of nitrogens with zero attached hydrogens (tertiary/aromatic N) is 3. The highest BCUT2D eigenvalue weighted by atomic mass is 35.5. The second kappa shape index (κ2) is 8.42. The van der Waals surface area contributed by atoms with Crippen LogP contribution in [0.3, 0.4) is 0 Å². The molecule has 0 radical (unpaired) electrons. The number of fused-ring (bicyclic) bond motifs is 3. The molecule has 4 rings (SSSR count). The predicted molar refractivity (Wildman–Crippen MR) is 112 cm³/mol. The molecule has 3 aromatic rings. The van der Waals surface area contributed by atoms with E-state index in [0.717, 1.165) is 42.5 Å². The maximum absolute atomic E-state index is 13.4. The quantitative estimate of drug-likeness (QED) is 0.388. The van der Waals surface area contributed by atoms with Gasteiger partial charge in [0.2, 0.25) is 0 Å². The summed E-state index contributed by atoms with van der Waals surface area (Å²) in [5.41, 5.74) is 3.69. The van der Waals surface area contributed by atoms with Crippen molar-refractivity contribution < 1.29 is 9.18 Å². The molecule has 0 unspecified atom stereocenters. The average Bonchev–Trinajstić information content (AvgIpc) is 2.89. The third kappa shape index (κ3) is 4.23. The molecule has 0 fully saturated rings. The fourth-order valence-electron chi connectivity index (χ4n) is 3.43. The number of halogens is 2. The van der Waals surface area contributed by atoms with E-state index in [1.54, 1.807) is 17.4 Å². The van der Waals surface area contributed by atoms with Gasteiger partial charge in [-0.15, -0.1) is 11.3 Å². The first-order valence-electron chi connectivity index (χ1n) is 9.29. The van der Waals surface area contributed by atoms with Gasteiger partial charge in [0.15, 0.2) is 0 Å². The van der Waals surface area contributed by atoms with E-state index in [9.17, 15) is 14.0 Å². The van der Waals surface area contributed by atoms with E-state index >= 15 is 0 Å². The highest BCUT2D eigenvalue weighted by Gasteiger charge is 2.19. The van der Waals surface area contributed by atoms with Crippen molar-refractivity contribution in [3.8, 4) is 0 Å². The van der Waals surface area contributed by atoms with Crippen LogP contribution in [-0.2, 0) is 24.2 Å². The van der Waals surface area contributed by atoms with Crippen molar-refractivity contribution in [1.29, 1.82) is 0 Å². The predicted octanol–water partition coefficient (Wildman–Crippen LogP) is 3.67. The van der Waals surface area contributed by atoms with Gasteiger partial charge in [0.05, 0.1) is 23.0 Å². The number of rotatable bonds is 4. The van der Waals surface area contributed by atoms with Gasteiger partial charge in [-0.1, -0.05) is 24.1 Å². The Morgan fingerprint density at radius 1 is 1.34 bits per heavy atom. The monoisotopic (exact) mass is 432 g/mol. The first-order valence-corrected chi connectivity index (χ1v) is 10.5. The summed E-state index contributed by atoms with van der Waals surface area (Å²) in [6, 6.07) is 4.19. The van der Waals surface area contributed by atoms with E-state index < -0.39 is 11.7 Å². The molecule has 29 heavy (non-hydrogen) atoms. The lowest BCUT2D eigenvalue weighted by Crippen LogP contribution is -2.30. The second-order valence-electron chi connectivity index (χ2n) is 6.89. The number of amides is 1. The van der Waals surface area contributed by atoms with Crippen molar-refractivity contribution in [3.63, 3.8) is 0 Å². The van der Waals surface area contributed by atoms with E-state index in [1.165, 1.54) is 34.1 Å². The van der Waals surface area contributed by atoms with Crippen LogP contribution in [0.5, 0.6) is 0 Å². The molecule has 2 heterocycles. The minimum Gasteiger partial charge on any atom is -0.289 e. The Labute approximate surface area is 175 Å². The van der Waals surface area contributed by atoms with Crippen molar-refractivity contribution in [2.45, 2.75) is 38.6 Å². The third-order valence-corrected chi connectivity index (χ3v) is 6.36. The molecule has 0 bridgehead atoms. The van der Waals surface area contributed by atoms with Crippen LogP contribution in [0, 0.1) is 5.82 Å². The average molecular weight is 433 g/mol. The van der Waals surface area contributed by atoms with Gasteiger partial charge >= 0.3 is 0 Å². The molecule has 2 aromatic heterocycles. The number of aromatic nitrogens is 2. The summed E-state index contributed by atoms with van der Waals surface area (Å²) in [5, 5.41) is 4.46. The number of aryl methyl sites for hydroxylation is 2. The molecular formula is C20H18ClFN4O2S. The first kappa shape index (κ1) is 19.7. The molecule has 1 aromatic carbocycles. The number of thiophene rings is 1. The van der Waals surface area contributed by atoms with E-state index in [1.807, 2.05) is 0 Å². The van der Waals surface area contributed by atoms with Crippen molar-refractivity contribution in [3.05, 3.63) is 61.7 Å². The number of nitrogens with one attached hydrogen (secondary N) is 1. The molecule has 0 aliphatic heterocycles. The van der Waals surface area contributed by atoms with E-state index in [-0.39, 0.29) is 17.1 Å². The van der Waals surface area contributed by atoms with Gasteiger partial charge in [0, 0.05) is 4.88 Å². The molecule has 1 N–H and O–H groups in total. The minimum absolute atomic E-state index is 0.0137. The lowest BCUT2D eigenvalue weighted by Gasteiger charge is -2.05. The third-order valence-electron chi connectivity index (χ3n) is 4.85. The summed E-state index contributed by atoms with van der Waals surface area (Å²) in [4.78, 5) is 31.5. The Morgan fingerprint density at radius 2 is 2.17 bits per heavy atom. The maximum atomic E-state index is 13.4. The molecule has 150 valence electrons. The molecule has 1 aliphatic rings. The molecule has 0 saturated heterocycles. The molecule has 0 saturated carbocycles. The maximum Gasteiger partial charge on any atom is 0.262 e. The zero-order chi connectivity index (χ0) is 20.4. The zero-order valence-electron chi connectivity index (χ0n) is 15.5. The van der Waals surface area contributed by atoms with Crippen LogP contribution in [0.15, 0.2) is 34.4 Å². The van der Waals surface area contributed by atoms with E-state index in [4.69, 9.17) is 11.6 Å². The summed E-state index contributed by atoms with van der Waals surface area (Å²) < 4.78 is 14.7. The lowest BCUT2D eigenvalue weighted by molar-refractivity contribution is -0.121. The van der Waals surface area contributed by atoms with Crippen LogP contribution in [0.25, 0.3) is 10.2 Å². The highest BCUT2D eigenvalue weighted by molar-refractivity contribution is 7.18. The van der Waals surface area contributed by atoms with Crippen LogP contribution in [0.2, 0.25) is 5.02 Å². The van der Waals surface area contributed by atoms with Crippen LogP contribution >= 0.6 is 22.9 Å². The van der Waals surface area contributed by atoms with Crippen molar-refractivity contribution >= 4 is 45.3 Å². The zero-order valence-corrected chi connectivity index (χ0v) is 17.0. The second-order valence-corrected chi connectivity index (χ2v) is 8.38. The lowest BCUT2D eigenvalue weighted by atomic mass is 10.1. The van der Waals surface area contributed by atoms with Gasteiger partial charge in [0.1, 0.15) is 17.2 Å². The summed E-state index contributed by atoms with van der Waals surface area (Å²) in [7, 11) is 0. The number of hydrazone groups is 1. The Morgan fingerprint density at radius 3 is 3.00 bits per heavy atom. The van der Waals surface area contributed by atoms with E-state index in [2.05, 4.69) is 15.5 Å². The van der Waals surface area contributed by atoms with Gasteiger partial charge < -0.3 is 0 Å². The highest BCUT2D eigenvalue weighted by Crippen LogP contribution is 2.32. The number of hydrogen-bond donors (Lipinski definition) is 1. The molecular weight excluding hydrogens is 415 g/mol. The Bertz CT molecular complexity index is 1170. The molecule has 0 atom stereocenters. The van der Waals surface area contributed by atoms with Gasteiger partial charge in [-0.2, -0.15) is 5.10 Å². The molecule has 1 aliphatic carbocycles.